The largest absolute Gasteiger partial charge is 0.497 e. The number of methoxy groups -OCH3 is 1. The Kier molecular flexibility index (Phi) is 12.0. The van der Waals surface area contributed by atoms with Gasteiger partial charge in [0.25, 0.3) is 5.54 Å². The quantitative estimate of drug-likeness (QED) is 0.0711. The van der Waals surface area contributed by atoms with Crippen molar-refractivity contribution in [2.75, 3.05) is 12.4 Å². The van der Waals surface area contributed by atoms with Crippen LogP contribution in [0.4, 0.5) is 5.13 Å². The van der Waals surface area contributed by atoms with E-state index in [1.807, 2.05) is 141 Å². The van der Waals surface area contributed by atoms with Crippen LogP contribution in [0.5, 0.6) is 5.75 Å². The van der Waals surface area contributed by atoms with Crippen molar-refractivity contribution in [3.63, 3.8) is 0 Å². The number of thiazole rings is 1. The van der Waals surface area contributed by atoms with Crippen LogP contribution < -0.4 is 21.5 Å². The molecule has 8 aromatic rings. The zero-order valence-corrected chi connectivity index (χ0v) is 44.9. The van der Waals surface area contributed by atoms with E-state index in [4.69, 9.17) is 21.2 Å². The van der Waals surface area contributed by atoms with Gasteiger partial charge in [-0.05, 0) is 107 Å². The topological polar surface area (TPSA) is 221 Å². The first-order valence-corrected chi connectivity index (χ1v) is 27.4. The minimum atomic E-state index is -1.49. The predicted molar refractivity (Wildman–Crippen MR) is 302 cm³/mol. The smallest absolute Gasteiger partial charge is 0.310 e. The molecule has 9 aliphatic rings. The molecule has 79 heavy (non-hydrogen) atoms. The summed E-state index contributed by atoms with van der Waals surface area (Å²) in [5.41, 5.74) is 21.9. The van der Waals surface area contributed by atoms with Crippen molar-refractivity contribution in [3.05, 3.63) is 263 Å². The molecule has 14 heteroatoms. The molecule has 1 aromatic heterocycles. The summed E-state index contributed by atoms with van der Waals surface area (Å²) in [5.74, 6) is -1.52. The van der Waals surface area contributed by atoms with Crippen molar-refractivity contribution in [2.24, 2.45) is 27.7 Å². The first-order chi connectivity index (χ1) is 37.8. The summed E-state index contributed by atoms with van der Waals surface area (Å²) in [5, 5.41) is 37.6. The number of aliphatic carboxylic acids is 2. The van der Waals surface area contributed by atoms with E-state index in [1.54, 1.807) is 38.3 Å². The van der Waals surface area contributed by atoms with E-state index >= 15 is 0 Å². The van der Waals surface area contributed by atoms with Gasteiger partial charge >= 0.3 is 11.9 Å². The van der Waals surface area contributed by atoms with Crippen molar-refractivity contribution < 1.29 is 34.3 Å². The number of carboxylic acids is 2. The highest BCUT2D eigenvalue weighted by Gasteiger charge is 2.67. The number of fused-ring (bicyclic) bond motifs is 3. The van der Waals surface area contributed by atoms with Gasteiger partial charge in [-0.15, -0.1) is 11.3 Å². The van der Waals surface area contributed by atoms with Crippen LogP contribution in [-0.2, 0) is 37.4 Å². The normalized spacial score (nSPS) is 28.1. The van der Waals surface area contributed by atoms with E-state index in [1.165, 1.54) is 11.3 Å². The third kappa shape index (κ3) is 7.48. The highest BCUT2D eigenvalue weighted by atomic mass is 32.1. The molecule has 1 heterocycles. The van der Waals surface area contributed by atoms with Gasteiger partial charge in [0, 0.05) is 52.0 Å². The SMILES string of the molecule is CC1(C(=O)O)CC2(N)c3ccccc3C1c1ccccc12.CC1(C(=O)O)CC2([N+](=O)[O-])c3ccccc3C1c1ccccc12.COc1ccc(Cc2csc(NC(=O)C3(C)CC4(N)c5ccccc5C3c3ccccc34)n2)cc1. The van der Waals surface area contributed by atoms with E-state index in [0.29, 0.717) is 35.5 Å². The summed E-state index contributed by atoms with van der Waals surface area (Å²) < 4.78 is 5.24. The van der Waals surface area contributed by atoms with Gasteiger partial charge in [0.15, 0.2) is 5.13 Å². The molecule has 13 nitrogen and oxygen atoms in total. The van der Waals surface area contributed by atoms with E-state index in [0.717, 1.165) is 72.6 Å². The third-order valence-electron chi connectivity index (χ3n) is 18.4. The Bertz CT molecular complexity index is 3680. The maximum atomic E-state index is 13.9. The number of nitro groups is 1. The first kappa shape index (κ1) is 51.5. The molecule has 398 valence electrons. The van der Waals surface area contributed by atoms with Crippen LogP contribution in [0.25, 0.3) is 0 Å². The number of carbonyl (C=O) groups excluding carboxylic acids is 1. The summed E-state index contributed by atoms with van der Waals surface area (Å²) in [7, 11) is 1.66. The number of nitrogens with zero attached hydrogens (tertiary/aromatic N) is 2. The molecule has 9 aliphatic carbocycles. The van der Waals surface area contributed by atoms with E-state index in [2.05, 4.69) is 29.6 Å². The highest BCUT2D eigenvalue weighted by molar-refractivity contribution is 7.13. The fraction of sp³-hybridized carbons (Fsp3) is 0.262. The maximum Gasteiger partial charge on any atom is 0.310 e. The van der Waals surface area contributed by atoms with Crippen LogP contribution in [-0.4, -0.2) is 45.1 Å². The van der Waals surface area contributed by atoms with Gasteiger partial charge in [0.1, 0.15) is 5.75 Å². The molecule has 0 saturated heterocycles. The second kappa shape index (κ2) is 18.4. The molecule has 3 unspecified atom stereocenters. The molecular formula is C65H59N5O8S. The number of hydrogen-bond donors (Lipinski definition) is 5. The number of amides is 1. The molecule has 0 aliphatic heterocycles. The molecular weight excluding hydrogens is 1010 g/mol. The van der Waals surface area contributed by atoms with E-state index in [9.17, 15) is 34.7 Å². The Morgan fingerprint density at radius 3 is 1.33 bits per heavy atom. The molecule has 0 fully saturated rings. The average Bonchev–Trinajstić information content (AvgIpc) is 4.01. The molecule has 0 saturated carbocycles. The summed E-state index contributed by atoms with van der Waals surface area (Å²) in [6.07, 6.45) is 1.66. The molecule has 0 spiro atoms. The number of hydrogen-bond acceptors (Lipinski definition) is 10. The number of anilines is 1. The van der Waals surface area contributed by atoms with Gasteiger partial charge in [-0.25, -0.2) is 4.98 Å². The van der Waals surface area contributed by atoms with Crippen molar-refractivity contribution >= 4 is 34.3 Å². The number of carbonyl (C=O) groups is 3. The summed E-state index contributed by atoms with van der Waals surface area (Å²) >= 11 is 1.46. The fourth-order valence-electron chi connectivity index (χ4n) is 14.9. The molecule has 7 N–H and O–H groups in total. The lowest BCUT2D eigenvalue weighted by Gasteiger charge is -2.55. The van der Waals surface area contributed by atoms with Crippen LogP contribution in [0, 0.1) is 26.4 Å². The second-order valence-electron chi connectivity index (χ2n) is 22.9. The third-order valence-corrected chi connectivity index (χ3v) is 19.2. The van der Waals surface area contributed by atoms with E-state index in [-0.39, 0.29) is 35.0 Å². The number of nitrogens with two attached hydrogens (primary N) is 2. The molecule has 3 atom stereocenters. The van der Waals surface area contributed by atoms with Crippen molar-refractivity contribution in [2.45, 2.75) is 80.8 Å². The minimum absolute atomic E-state index is 0.0268. The van der Waals surface area contributed by atoms with Crippen molar-refractivity contribution in [1.82, 2.24) is 4.98 Å². The van der Waals surface area contributed by atoms with Gasteiger partial charge in [-0.2, -0.15) is 0 Å². The number of benzene rings is 7. The Hall–Kier alpha value is -8.30. The Balaban J connectivity index is 0.000000124. The maximum absolute atomic E-state index is 13.9. The van der Waals surface area contributed by atoms with Gasteiger partial charge in [-0.3, -0.25) is 24.5 Å². The molecule has 17 rings (SSSR count). The fourth-order valence-corrected chi connectivity index (χ4v) is 15.6. The monoisotopic (exact) mass is 1070 g/mol. The molecule has 7 aromatic carbocycles. The standard InChI is InChI=1S/C29H27N3O2S.C18H15NO4.C18H17NO2/c1-28(26(33)32-27-31-19(16-35-27)15-18-11-13-20(34-2)14-12-18)17-29(30)23-9-5-3-7-21(23)25(28)22-8-4-6-10-24(22)29;1-17(16(20)21)10-18(19(22)23)13-8-4-2-6-11(13)15(17)12-7-3-5-9-14(12)18;1-17(16(20)21)10-18(19)13-8-4-2-6-11(13)15(17)12-7-3-5-9-14(12)18/h3-14,16,25H,15,17,30H2,1-2H3,(H,31,32,33);2-9,15H,10H2,1H3,(H,20,21);2-9,15H,10,19H2,1H3,(H,20,21). The lowest BCUT2D eigenvalue weighted by Crippen LogP contribution is -2.57. The zero-order valence-electron chi connectivity index (χ0n) is 44.1. The lowest BCUT2D eigenvalue weighted by molar-refractivity contribution is -0.573. The van der Waals surface area contributed by atoms with Crippen molar-refractivity contribution in [1.29, 1.82) is 0 Å². The number of ether oxygens (including phenoxy) is 1. The van der Waals surface area contributed by atoms with Crippen LogP contribution in [0.3, 0.4) is 0 Å². The summed E-state index contributed by atoms with van der Waals surface area (Å²) in [6, 6.07) is 55.0. The Labute approximate surface area is 461 Å². The number of aromatic nitrogens is 1. The zero-order chi connectivity index (χ0) is 55.4. The number of nitrogens with one attached hydrogen (secondary N) is 1. The lowest BCUT2D eigenvalue weighted by atomic mass is 9.49. The van der Waals surface area contributed by atoms with Crippen molar-refractivity contribution in [3.8, 4) is 5.75 Å². The predicted octanol–water partition coefficient (Wildman–Crippen LogP) is 11.4. The Morgan fingerprint density at radius 1 is 0.582 bits per heavy atom. The van der Waals surface area contributed by atoms with E-state index < -0.39 is 44.8 Å². The van der Waals surface area contributed by atoms with Crippen LogP contribution >= 0.6 is 11.3 Å². The van der Waals surface area contributed by atoms with Gasteiger partial charge in [0.05, 0.1) is 40.1 Å². The van der Waals surface area contributed by atoms with Gasteiger partial charge < -0.3 is 31.7 Å². The van der Waals surface area contributed by atoms with Gasteiger partial charge in [-0.1, -0.05) is 158 Å². The van der Waals surface area contributed by atoms with Crippen LogP contribution in [0.15, 0.2) is 175 Å². The average molecular weight is 1070 g/mol. The Morgan fingerprint density at radius 2 is 0.937 bits per heavy atom. The van der Waals surface area contributed by atoms with Gasteiger partial charge in [0.2, 0.25) is 5.91 Å². The molecule has 6 bridgehead atoms. The molecule has 1 amide bonds. The van der Waals surface area contributed by atoms with Crippen LogP contribution in [0.2, 0.25) is 0 Å². The minimum Gasteiger partial charge on any atom is -0.497 e. The molecule has 0 radical (unpaired) electrons. The second-order valence-corrected chi connectivity index (χ2v) is 23.8. The number of carboxylic acid groups (broad SMARTS) is 2. The summed E-state index contributed by atoms with van der Waals surface area (Å²) in [4.78, 5) is 54.4. The first-order valence-electron chi connectivity index (χ1n) is 26.5. The summed E-state index contributed by atoms with van der Waals surface area (Å²) in [6.45, 7) is 5.50. The number of rotatable bonds is 8. The highest BCUT2D eigenvalue weighted by Crippen LogP contribution is 2.65. The van der Waals surface area contributed by atoms with Crippen LogP contribution in [0.1, 0.15) is 136 Å².